The van der Waals surface area contributed by atoms with E-state index in [0.29, 0.717) is 15.9 Å². The molecule has 0 aliphatic rings. The van der Waals surface area contributed by atoms with E-state index in [-0.39, 0.29) is 11.3 Å². The lowest BCUT2D eigenvalue weighted by Gasteiger charge is -2.04. The predicted molar refractivity (Wildman–Crippen MR) is 105 cm³/mol. The highest BCUT2D eigenvalue weighted by molar-refractivity contribution is 7.14. The third kappa shape index (κ3) is 2.93. The van der Waals surface area contributed by atoms with Gasteiger partial charge < -0.3 is 0 Å². The van der Waals surface area contributed by atoms with Gasteiger partial charge in [0.05, 0.1) is 11.1 Å². The van der Waals surface area contributed by atoms with E-state index in [9.17, 15) is 9.59 Å². The molecular formula is C18H14N4O2S2. The number of carbonyl (C=O) groups is 1. The summed E-state index contributed by atoms with van der Waals surface area (Å²) in [4.78, 5) is 31.4. The molecule has 0 atom stereocenters. The van der Waals surface area contributed by atoms with Crippen molar-refractivity contribution in [2.45, 2.75) is 13.8 Å². The Morgan fingerprint density at radius 2 is 1.96 bits per heavy atom. The first-order valence-corrected chi connectivity index (χ1v) is 9.54. The summed E-state index contributed by atoms with van der Waals surface area (Å²) in [7, 11) is 0. The Morgan fingerprint density at radius 1 is 1.19 bits per heavy atom. The van der Waals surface area contributed by atoms with Crippen LogP contribution in [0.4, 0.5) is 5.13 Å². The highest BCUT2D eigenvalue weighted by Crippen LogP contribution is 2.32. The van der Waals surface area contributed by atoms with E-state index >= 15 is 0 Å². The molecule has 26 heavy (non-hydrogen) atoms. The zero-order valence-corrected chi connectivity index (χ0v) is 15.6. The van der Waals surface area contributed by atoms with Gasteiger partial charge in [0.2, 0.25) is 0 Å². The van der Waals surface area contributed by atoms with Crippen molar-refractivity contribution in [2.24, 2.45) is 0 Å². The van der Waals surface area contributed by atoms with Gasteiger partial charge in [-0.2, -0.15) is 5.10 Å². The lowest BCUT2D eigenvalue weighted by Crippen LogP contribution is -2.19. The van der Waals surface area contributed by atoms with E-state index in [4.69, 9.17) is 0 Å². The molecule has 3 aromatic heterocycles. The number of amides is 1. The molecule has 6 nitrogen and oxygen atoms in total. The third-order valence-corrected chi connectivity index (χ3v) is 5.68. The number of benzene rings is 1. The van der Waals surface area contributed by atoms with Crippen LogP contribution in [0.3, 0.4) is 0 Å². The Hall–Kier alpha value is -2.84. The van der Waals surface area contributed by atoms with Crippen LogP contribution in [0.1, 0.15) is 20.2 Å². The monoisotopic (exact) mass is 382 g/mol. The van der Waals surface area contributed by atoms with Gasteiger partial charge in [0.1, 0.15) is 0 Å². The van der Waals surface area contributed by atoms with Crippen molar-refractivity contribution in [3.05, 3.63) is 61.5 Å². The summed E-state index contributed by atoms with van der Waals surface area (Å²) in [6.45, 7) is 4.12. The Labute approximate surface area is 156 Å². The van der Waals surface area contributed by atoms with Crippen molar-refractivity contribution in [1.29, 1.82) is 0 Å². The summed E-state index contributed by atoms with van der Waals surface area (Å²) >= 11 is 3.08. The minimum absolute atomic E-state index is 0.166. The highest BCUT2D eigenvalue weighted by Gasteiger charge is 2.16. The van der Waals surface area contributed by atoms with Crippen LogP contribution in [0.2, 0.25) is 0 Å². The van der Waals surface area contributed by atoms with E-state index in [2.05, 4.69) is 40.4 Å². The van der Waals surface area contributed by atoms with E-state index in [0.717, 1.165) is 11.3 Å². The van der Waals surface area contributed by atoms with Gasteiger partial charge in [-0.15, -0.1) is 22.7 Å². The number of aromatic amines is 1. The first kappa shape index (κ1) is 16.6. The first-order valence-electron chi connectivity index (χ1n) is 7.84. The number of rotatable bonds is 3. The average Bonchev–Trinajstić information content (AvgIpc) is 3.21. The van der Waals surface area contributed by atoms with Crippen LogP contribution in [0.15, 0.2) is 40.5 Å². The number of hydrogen-bond acceptors (Lipinski definition) is 6. The number of aromatic nitrogens is 3. The standard InChI is InChI=1S/C18H14N4O2S2/c1-9-7-13(10(2)26-9)14-8-25-18(19-14)20-17(24)15-11-5-3-4-6-12(11)16(23)22-21-15/h3-8H,1-2H3,(H,22,23)(H,19,20,24). The Balaban J connectivity index is 1.65. The Morgan fingerprint density at radius 3 is 2.69 bits per heavy atom. The van der Waals surface area contributed by atoms with Crippen LogP contribution < -0.4 is 10.9 Å². The Kier molecular flexibility index (Phi) is 4.14. The molecule has 0 radical (unpaired) electrons. The smallest absolute Gasteiger partial charge is 0.278 e. The van der Waals surface area contributed by atoms with E-state index < -0.39 is 5.91 Å². The lowest BCUT2D eigenvalue weighted by atomic mass is 10.1. The molecule has 1 aromatic carbocycles. The van der Waals surface area contributed by atoms with Gasteiger partial charge in [-0.3, -0.25) is 14.9 Å². The first-order chi connectivity index (χ1) is 12.5. The van der Waals surface area contributed by atoms with Crippen molar-refractivity contribution in [3.63, 3.8) is 0 Å². The van der Waals surface area contributed by atoms with Crippen molar-refractivity contribution < 1.29 is 4.79 Å². The second-order valence-corrected chi connectivity index (χ2v) is 8.08. The molecule has 3 heterocycles. The minimum atomic E-state index is -0.406. The van der Waals surface area contributed by atoms with Crippen LogP contribution in [-0.4, -0.2) is 21.1 Å². The van der Waals surface area contributed by atoms with Crippen molar-refractivity contribution >= 4 is 44.5 Å². The van der Waals surface area contributed by atoms with Gasteiger partial charge in [0, 0.05) is 26.1 Å². The number of fused-ring (bicyclic) bond motifs is 1. The highest BCUT2D eigenvalue weighted by atomic mass is 32.1. The largest absolute Gasteiger partial charge is 0.296 e. The fraction of sp³-hybridized carbons (Fsp3) is 0.111. The normalized spacial score (nSPS) is 11.0. The molecular weight excluding hydrogens is 368 g/mol. The number of hydrogen-bond donors (Lipinski definition) is 2. The molecule has 0 saturated carbocycles. The average molecular weight is 382 g/mol. The molecule has 0 fully saturated rings. The van der Waals surface area contributed by atoms with Gasteiger partial charge in [-0.1, -0.05) is 18.2 Å². The number of nitrogens with zero attached hydrogens (tertiary/aromatic N) is 2. The molecule has 0 saturated heterocycles. The molecule has 1 amide bonds. The zero-order chi connectivity index (χ0) is 18.3. The maximum atomic E-state index is 12.6. The van der Waals surface area contributed by atoms with Gasteiger partial charge >= 0.3 is 0 Å². The molecule has 130 valence electrons. The number of aryl methyl sites for hydroxylation is 2. The van der Waals surface area contributed by atoms with Crippen molar-refractivity contribution in [1.82, 2.24) is 15.2 Å². The molecule has 0 aliphatic heterocycles. The number of thiophene rings is 1. The van der Waals surface area contributed by atoms with E-state index in [1.165, 1.54) is 21.1 Å². The summed E-state index contributed by atoms with van der Waals surface area (Å²) in [6, 6.07) is 8.98. The quantitative estimate of drug-likeness (QED) is 0.561. The maximum absolute atomic E-state index is 12.6. The summed E-state index contributed by atoms with van der Waals surface area (Å²) < 4.78 is 0. The maximum Gasteiger partial charge on any atom is 0.278 e. The molecule has 2 N–H and O–H groups in total. The van der Waals surface area contributed by atoms with Crippen molar-refractivity contribution in [3.8, 4) is 11.3 Å². The zero-order valence-electron chi connectivity index (χ0n) is 14.0. The second kappa shape index (κ2) is 6.47. The second-order valence-electron chi connectivity index (χ2n) is 5.77. The predicted octanol–water partition coefficient (Wildman–Crippen LogP) is 3.98. The van der Waals surface area contributed by atoms with Crippen LogP contribution >= 0.6 is 22.7 Å². The van der Waals surface area contributed by atoms with Gasteiger partial charge in [0.15, 0.2) is 10.8 Å². The summed E-state index contributed by atoms with van der Waals surface area (Å²) in [6.07, 6.45) is 0. The van der Waals surface area contributed by atoms with E-state index in [1.54, 1.807) is 35.6 Å². The van der Waals surface area contributed by atoms with E-state index in [1.807, 2.05) is 5.38 Å². The summed E-state index contributed by atoms with van der Waals surface area (Å²) in [5.74, 6) is -0.406. The molecule has 8 heteroatoms. The molecule has 0 bridgehead atoms. The molecule has 0 aliphatic carbocycles. The fourth-order valence-electron chi connectivity index (χ4n) is 2.78. The SMILES string of the molecule is Cc1cc(-c2csc(NC(=O)c3n[nH]c(=O)c4ccccc34)n2)c(C)s1. The van der Waals surface area contributed by atoms with Crippen LogP contribution in [0, 0.1) is 13.8 Å². The number of H-pyrrole nitrogens is 1. The number of thiazole rings is 1. The molecule has 4 aromatic rings. The van der Waals surface area contributed by atoms with Crippen LogP contribution in [-0.2, 0) is 0 Å². The molecule has 0 spiro atoms. The van der Waals surface area contributed by atoms with Gasteiger partial charge in [0.25, 0.3) is 11.5 Å². The van der Waals surface area contributed by atoms with Gasteiger partial charge in [-0.25, -0.2) is 10.1 Å². The minimum Gasteiger partial charge on any atom is -0.296 e. The summed E-state index contributed by atoms with van der Waals surface area (Å²) in [5, 5.41) is 12.4. The third-order valence-electron chi connectivity index (χ3n) is 3.95. The topological polar surface area (TPSA) is 87.7 Å². The number of carbonyl (C=O) groups excluding carboxylic acids is 1. The fourth-order valence-corrected chi connectivity index (χ4v) is 4.42. The number of nitrogens with one attached hydrogen (secondary N) is 2. The summed E-state index contributed by atoms with van der Waals surface area (Å²) in [5.41, 5.74) is 1.76. The van der Waals surface area contributed by atoms with Crippen molar-refractivity contribution in [2.75, 3.05) is 5.32 Å². The van der Waals surface area contributed by atoms with Gasteiger partial charge in [-0.05, 0) is 26.0 Å². The van der Waals surface area contributed by atoms with Crippen LogP contribution in [0.25, 0.3) is 22.0 Å². The molecule has 4 rings (SSSR count). The van der Waals surface area contributed by atoms with Crippen LogP contribution in [0.5, 0.6) is 0 Å². The lowest BCUT2D eigenvalue weighted by molar-refractivity contribution is 0.102. The molecule has 0 unspecified atom stereocenters. The Bertz CT molecular complexity index is 1190. The number of anilines is 1.